The van der Waals surface area contributed by atoms with Crippen molar-refractivity contribution in [2.75, 3.05) is 6.54 Å². The van der Waals surface area contributed by atoms with Crippen LogP contribution in [0.15, 0.2) is 0 Å². The van der Waals surface area contributed by atoms with Gasteiger partial charge in [0.25, 0.3) is 10.2 Å². The van der Waals surface area contributed by atoms with Gasteiger partial charge in [0.15, 0.2) is 5.69 Å². The van der Waals surface area contributed by atoms with Crippen LogP contribution in [0.25, 0.3) is 0 Å². The Bertz CT molecular complexity index is 681. The summed E-state index contributed by atoms with van der Waals surface area (Å²) in [5.74, 6) is -1.10. The number of carboxylic acid groups (broad SMARTS) is 1. The summed E-state index contributed by atoms with van der Waals surface area (Å²) in [6.45, 7) is 7.63. The van der Waals surface area contributed by atoms with Gasteiger partial charge in [-0.3, -0.25) is 0 Å². The average Bonchev–Trinajstić information content (AvgIpc) is 2.91. The third-order valence-electron chi connectivity index (χ3n) is 3.83. The Morgan fingerprint density at radius 2 is 2.14 bits per heavy atom. The third kappa shape index (κ3) is 3.32. The molecular weight excluding hydrogens is 326 g/mol. The molecule has 1 aliphatic heterocycles. The molecular formula is C13H21N3O4S2. The van der Waals surface area contributed by atoms with Gasteiger partial charge in [0.05, 0.1) is 6.04 Å². The Morgan fingerprint density at radius 3 is 2.59 bits per heavy atom. The van der Waals surface area contributed by atoms with Crippen LogP contribution in [0.5, 0.6) is 0 Å². The molecule has 1 aromatic rings. The molecule has 0 spiro atoms. The zero-order chi connectivity index (χ0) is 16.7. The van der Waals surface area contributed by atoms with Crippen molar-refractivity contribution in [2.24, 2.45) is 0 Å². The second-order valence-corrected chi connectivity index (χ2v) is 8.96. The molecule has 9 heteroatoms. The van der Waals surface area contributed by atoms with Crippen LogP contribution in [0.4, 0.5) is 0 Å². The van der Waals surface area contributed by atoms with Crippen molar-refractivity contribution in [1.29, 1.82) is 0 Å². The highest BCUT2D eigenvalue weighted by Crippen LogP contribution is 2.31. The van der Waals surface area contributed by atoms with Crippen LogP contribution in [0.3, 0.4) is 0 Å². The van der Waals surface area contributed by atoms with Crippen molar-refractivity contribution in [3.8, 4) is 0 Å². The van der Waals surface area contributed by atoms with E-state index in [1.165, 1.54) is 15.6 Å². The zero-order valence-electron chi connectivity index (χ0n) is 13.1. The molecule has 1 atom stereocenters. The van der Waals surface area contributed by atoms with Crippen molar-refractivity contribution in [2.45, 2.75) is 52.1 Å². The summed E-state index contributed by atoms with van der Waals surface area (Å²) in [5.41, 5.74) is -0.427. The largest absolute Gasteiger partial charge is 0.476 e. The molecule has 1 unspecified atom stereocenters. The van der Waals surface area contributed by atoms with Gasteiger partial charge in [-0.05, 0) is 40.5 Å². The fourth-order valence-electron chi connectivity index (χ4n) is 2.67. The van der Waals surface area contributed by atoms with Crippen molar-refractivity contribution < 1.29 is 18.3 Å². The molecule has 7 nitrogen and oxygen atoms in total. The van der Waals surface area contributed by atoms with E-state index < -0.39 is 27.8 Å². The molecule has 2 rings (SSSR count). The number of hydrogen-bond donors (Lipinski definition) is 2. The van der Waals surface area contributed by atoms with E-state index in [2.05, 4.69) is 9.71 Å². The predicted molar refractivity (Wildman–Crippen MR) is 84.3 cm³/mol. The topological polar surface area (TPSA) is 99.6 Å². The molecule has 0 aliphatic carbocycles. The Labute approximate surface area is 134 Å². The molecule has 2 N–H and O–H groups in total. The summed E-state index contributed by atoms with van der Waals surface area (Å²) >= 11 is 1.20. The Kier molecular flexibility index (Phi) is 4.63. The number of hydrogen-bond acceptors (Lipinski definition) is 5. The Balaban J connectivity index is 2.19. The average molecular weight is 347 g/mol. The summed E-state index contributed by atoms with van der Waals surface area (Å²) in [6.07, 6.45) is 1.66. The maximum absolute atomic E-state index is 12.5. The summed E-state index contributed by atoms with van der Waals surface area (Å²) in [4.78, 5) is 15.6. The number of nitrogens with one attached hydrogen (secondary N) is 1. The number of thiazole rings is 1. The highest BCUT2D eigenvalue weighted by Gasteiger charge is 2.40. The fraction of sp³-hybridized carbons (Fsp3) is 0.692. The molecule has 0 aromatic carbocycles. The molecule has 0 radical (unpaired) electrons. The molecule has 1 aliphatic rings. The van der Waals surface area contributed by atoms with Crippen molar-refractivity contribution in [3.63, 3.8) is 0 Å². The number of aromatic carboxylic acids is 1. The van der Waals surface area contributed by atoms with Crippen LogP contribution in [0.2, 0.25) is 0 Å². The Morgan fingerprint density at radius 1 is 1.50 bits per heavy atom. The molecule has 1 aromatic heterocycles. The van der Waals surface area contributed by atoms with E-state index in [4.69, 9.17) is 5.11 Å². The zero-order valence-corrected chi connectivity index (χ0v) is 14.7. The minimum absolute atomic E-state index is 0.0208. The van der Waals surface area contributed by atoms with E-state index in [9.17, 15) is 13.2 Å². The van der Waals surface area contributed by atoms with E-state index >= 15 is 0 Å². The molecule has 124 valence electrons. The highest BCUT2D eigenvalue weighted by molar-refractivity contribution is 7.87. The molecule has 22 heavy (non-hydrogen) atoms. The van der Waals surface area contributed by atoms with Crippen molar-refractivity contribution in [1.82, 2.24) is 14.0 Å². The Hall–Kier alpha value is -1.03. The summed E-state index contributed by atoms with van der Waals surface area (Å²) in [7, 11) is -3.64. The summed E-state index contributed by atoms with van der Waals surface area (Å²) in [5, 5.41) is 9.49. The first-order valence-corrected chi connectivity index (χ1v) is 9.31. The van der Waals surface area contributed by atoms with Gasteiger partial charge >= 0.3 is 5.97 Å². The summed E-state index contributed by atoms with van der Waals surface area (Å²) in [6, 6.07) is -0.571. The minimum Gasteiger partial charge on any atom is -0.476 e. The van der Waals surface area contributed by atoms with Crippen LogP contribution >= 0.6 is 11.3 Å². The molecule has 1 saturated heterocycles. The van der Waals surface area contributed by atoms with Crippen LogP contribution in [-0.4, -0.2) is 40.9 Å². The first kappa shape index (κ1) is 17.3. The number of carboxylic acids is 1. The van der Waals surface area contributed by atoms with E-state index in [0.29, 0.717) is 16.4 Å². The van der Waals surface area contributed by atoms with Gasteiger partial charge in [0.2, 0.25) is 0 Å². The third-order valence-corrected chi connectivity index (χ3v) is 6.89. The monoisotopic (exact) mass is 347 g/mol. The van der Waals surface area contributed by atoms with E-state index in [0.717, 1.165) is 12.8 Å². The molecule has 1 fully saturated rings. The molecule has 0 bridgehead atoms. The van der Waals surface area contributed by atoms with Crippen LogP contribution in [0.1, 0.15) is 60.0 Å². The van der Waals surface area contributed by atoms with Crippen LogP contribution in [-0.2, 0) is 10.2 Å². The highest BCUT2D eigenvalue weighted by atomic mass is 32.2. The lowest BCUT2D eigenvalue weighted by Crippen LogP contribution is -2.48. The number of aromatic nitrogens is 1. The predicted octanol–water partition coefficient (Wildman–Crippen LogP) is 1.92. The second kappa shape index (κ2) is 5.88. The maximum atomic E-state index is 12.5. The van der Waals surface area contributed by atoms with E-state index in [-0.39, 0.29) is 5.69 Å². The molecule has 0 amide bonds. The first-order chi connectivity index (χ1) is 10.0. The fourth-order valence-corrected chi connectivity index (χ4v) is 5.45. The van der Waals surface area contributed by atoms with Gasteiger partial charge in [0, 0.05) is 17.0 Å². The van der Waals surface area contributed by atoms with Gasteiger partial charge in [0.1, 0.15) is 5.01 Å². The standard InChI is InChI=1S/C13H21N3O4S2/c1-8(11-14-10(12(17)18)9(2)21-11)15-22(19,20)16-7-5-6-13(16,3)4/h8,15H,5-7H2,1-4H3,(H,17,18). The van der Waals surface area contributed by atoms with Gasteiger partial charge in [-0.25, -0.2) is 9.78 Å². The lowest BCUT2D eigenvalue weighted by atomic mass is 10.0. The number of rotatable bonds is 5. The van der Waals surface area contributed by atoms with Gasteiger partial charge in [-0.15, -0.1) is 11.3 Å². The lowest BCUT2D eigenvalue weighted by molar-refractivity contribution is 0.0690. The maximum Gasteiger partial charge on any atom is 0.355 e. The summed E-state index contributed by atoms with van der Waals surface area (Å²) < 4.78 is 29.1. The second-order valence-electron chi connectivity index (χ2n) is 6.09. The minimum atomic E-state index is -3.64. The number of carbonyl (C=O) groups is 1. The van der Waals surface area contributed by atoms with Gasteiger partial charge < -0.3 is 5.11 Å². The number of aryl methyl sites for hydroxylation is 1. The number of nitrogens with zero attached hydrogens (tertiary/aromatic N) is 2. The van der Waals surface area contributed by atoms with Crippen molar-refractivity contribution >= 4 is 27.5 Å². The van der Waals surface area contributed by atoms with Gasteiger partial charge in [-0.2, -0.15) is 17.4 Å². The molecule has 0 saturated carbocycles. The van der Waals surface area contributed by atoms with Gasteiger partial charge in [-0.1, -0.05) is 0 Å². The SMILES string of the molecule is Cc1sc(C(C)NS(=O)(=O)N2CCCC2(C)C)nc1C(=O)O. The quantitative estimate of drug-likeness (QED) is 0.848. The van der Waals surface area contributed by atoms with Crippen LogP contribution < -0.4 is 4.72 Å². The van der Waals surface area contributed by atoms with E-state index in [1.807, 2.05) is 13.8 Å². The lowest BCUT2D eigenvalue weighted by Gasteiger charge is -2.31. The smallest absolute Gasteiger partial charge is 0.355 e. The van der Waals surface area contributed by atoms with Crippen LogP contribution in [0, 0.1) is 6.92 Å². The van der Waals surface area contributed by atoms with E-state index in [1.54, 1.807) is 13.8 Å². The molecule has 2 heterocycles. The first-order valence-electron chi connectivity index (χ1n) is 7.05. The normalized spacial score (nSPS) is 20.2. The van der Waals surface area contributed by atoms with Crippen molar-refractivity contribution in [3.05, 3.63) is 15.6 Å².